The van der Waals surface area contributed by atoms with E-state index in [-0.39, 0.29) is 11.8 Å². The van der Waals surface area contributed by atoms with Gasteiger partial charge in [-0.2, -0.15) is 0 Å². The highest BCUT2D eigenvalue weighted by atomic mass is 35.5. The predicted molar refractivity (Wildman–Crippen MR) is 127 cm³/mol. The summed E-state index contributed by atoms with van der Waals surface area (Å²) < 4.78 is 0. The minimum atomic E-state index is -0.544. The molecule has 0 bridgehead atoms. The second-order valence-corrected chi connectivity index (χ2v) is 9.30. The lowest BCUT2D eigenvalue weighted by Crippen LogP contribution is -2.48. The number of hydrogen-bond acceptors (Lipinski definition) is 3. The quantitative estimate of drug-likeness (QED) is 0.554. The molecule has 1 atom stereocenters. The van der Waals surface area contributed by atoms with E-state index in [0.717, 1.165) is 16.7 Å². The summed E-state index contributed by atoms with van der Waals surface area (Å²) in [7, 11) is 0. The molecule has 0 aliphatic rings. The van der Waals surface area contributed by atoms with Crippen LogP contribution < -0.4 is 5.32 Å². The Morgan fingerprint density at radius 3 is 2.50 bits per heavy atom. The Balaban J connectivity index is 2.07. The van der Waals surface area contributed by atoms with E-state index in [1.165, 1.54) is 11.8 Å². The number of halogens is 1. The Hall–Kier alpha value is -1.98. The Morgan fingerprint density at radius 1 is 1.10 bits per heavy atom. The third-order valence-corrected chi connectivity index (χ3v) is 6.06. The molecule has 0 saturated carbocycles. The number of nitrogens with zero attached hydrogens (tertiary/aromatic N) is 1. The molecular weight excluding hydrogens is 416 g/mol. The number of rotatable bonds is 10. The summed E-state index contributed by atoms with van der Waals surface area (Å²) in [6.07, 6.45) is 0. The molecule has 0 fully saturated rings. The average Bonchev–Trinajstić information content (AvgIpc) is 2.71. The fourth-order valence-corrected chi connectivity index (χ4v) is 4.18. The number of thioether (sulfide) groups is 1. The zero-order valence-corrected chi connectivity index (χ0v) is 19.7. The molecule has 6 heteroatoms. The highest BCUT2D eigenvalue weighted by Gasteiger charge is 2.26. The lowest BCUT2D eigenvalue weighted by molar-refractivity contribution is -0.138. The van der Waals surface area contributed by atoms with Crippen LogP contribution in [-0.2, 0) is 21.9 Å². The smallest absolute Gasteiger partial charge is 0.242 e. The van der Waals surface area contributed by atoms with Gasteiger partial charge in [0, 0.05) is 23.9 Å². The lowest BCUT2D eigenvalue weighted by Gasteiger charge is -2.29. The Kier molecular flexibility index (Phi) is 9.73. The van der Waals surface area contributed by atoms with E-state index >= 15 is 0 Å². The van der Waals surface area contributed by atoms with Gasteiger partial charge in [0.05, 0.1) is 5.75 Å². The van der Waals surface area contributed by atoms with E-state index in [2.05, 4.69) is 11.4 Å². The van der Waals surface area contributed by atoms with Crippen molar-refractivity contribution in [3.63, 3.8) is 0 Å². The molecule has 2 aromatic carbocycles. The fourth-order valence-electron chi connectivity index (χ4n) is 2.99. The number of nitrogens with one attached hydrogen (secondary N) is 1. The molecule has 0 heterocycles. The first-order valence-electron chi connectivity index (χ1n) is 10.2. The van der Waals surface area contributed by atoms with Gasteiger partial charge in [0.25, 0.3) is 0 Å². The normalized spacial score (nSPS) is 11.9. The highest BCUT2D eigenvalue weighted by Crippen LogP contribution is 2.21. The van der Waals surface area contributed by atoms with Gasteiger partial charge in [-0.3, -0.25) is 9.59 Å². The molecule has 0 radical (unpaired) electrons. The van der Waals surface area contributed by atoms with Crippen LogP contribution in [0.4, 0.5) is 0 Å². The zero-order valence-electron chi connectivity index (χ0n) is 18.2. The standard InChI is InChI=1S/C24H31ClN2O2S/c1-17(2)13-26-24(29)19(4)27(14-20-9-7-8-18(3)12-20)23(28)16-30-15-21-10-5-6-11-22(21)25/h5-12,17,19H,13-16H2,1-4H3,(H,26,29). The number of carbonyl (C=O) groups is 2. The Labute approximate surface area is 189 Å². The molecule has 2 aromatic rings. The summed E-state index contributed by atoms with van der Waals surface area (Å²) >= 11 is 7.73. The second-order valence-electron chi connectivity index (χ2n) is 7.91. The SMILES string of the molecule is Cc1cccc(CN(C(=O)CSCc2ccccc2Cl)C(C)C(=O)NCC(C)C)c1. The molecule has 4 nitrogen and oxygen atoms in total. The average molecular weight is 447 g/mol. The summed E-state index contributed by atoms with van der Waals surface area (Å²) in [5.74, 6) is 1.12. The van der Waals surface area contributed by atoms with Crippen LogP contribution in [0.3, 0.4) is 0 Å². The molecule has 2 rings (SSSR count). The monoisotopic (exact) mass is 446 g/mol. The molecule has 2 amide bonds. The number of aryl methyl sites for hydroxylation is 1. The van der Waals surface area contributed by atoms with Crippen molar-refractivity contribution in [1.29, 1.82) is 0 Å². The van der Waals surface area contributed by atoms with Gasteiger partial charge in [-0.15, -0.1) is 11.8 Å². The van der Waals surface area contributed by atoms with E-state index in [0.29, 0.717) is 35.5 Å². The zero-order chi connectivity index (χ0) is 22.1. The van der Waals surface area contributed by atoms with Gasteiger partial charge in [-0.1, -0.05) is 73.5 Å². The van der Waals surface area contributed by atoms with E-state index in [1.54, 1.807) is 11.8 Å². The van der Waals surface area contributed by atoms with Crippen molar-refractivity contribution in [2.75, 3.05) is 12.3 Å². The molecule has 0 aromatic heterocycles. The van der Waals surface area contributed by atoms with Gasteiger partial charge in [-0.25, -0.2) is 0 Å². The van der Waals surface area contributed by atoms with Gasteiger partial charge in [0.15, 0.2) is 0 Å². The molecule has 0 spiro atoms. The van der Waals surface area contributed by atoms with E-state index in [1.807, 2.05) is 63.2 Å². The summed E-state index contributed by atoms with van der Waals surface area (Å²) in [5, 5.41) is 3.65. The molecule has 0 aliphatic carbocycles. The summed E-state index contributed by atoms with van der Waals surface area (Å²) in [5.41, 5.74) is 3.15. The van der Waals surface area contributed by atoms with Crippen LogP contribution in [0, 0.1) is 12.8 Å². The number of benzene rings is 2. The van der Waals surface area contributed by atoms with E-state index in [4.69, 9.17) is 11.6 Å². The minimum absolute atomic E-state index is 0.0549. The largest absolute Gasteiger partial charge is 0.354 e. The first-order chi connectivity index (χ1) is 14.3. The van der Waals surface area contributed by atoms with Crippen molar-refractivity contribution in [3.8, 4) is 0 Å². The number of amides is 2. The maximum Gasteiger partial charge on any atom is 0.242 e. The summed E-state index contributed by atoms with van der Waals surface area (Å²) in [4.78, 5) is 27.4. The molecule has 1 N–H and O–H groups in total. The van der Waals surface area contributed by atoms with Crippen molar-refractivity contribution in [2.24, 2.45) is 5.92 Å². The van der Waals surface area contributed by atoms with Crippen LogP contribution in [0.15, 0.2) is 48.5 Å². The first kappa shape index (κ1) is 24.3. The third kappa shape index (κ3) is 7.69. The van der Waals surface area contributed by atoms with Crippen LogP contribution in [0.5, 0.6) is 0 Å². The fraction of sp³-hybridized carbons (Fsp3) is 0.417. The number of hydrogen-bond donors (Lipinski definition) is 1. The van der Waals surface area contributed by atoms with Crippen molar-refractivity contribution >= 4 is 35.2 Å². The van der Waals surface area contributed by atoms with Gasteiger partial charge < -0.3 is 10.2 Å². The van der Waals surface area contributed by atoms with Gasteiger partial charge in [0.2, 0.25) is 11.8 Å². The van der Waals surface area contributed by atoms with Crippen molar-refractivity contribution in [2.45, 2.75) is 46.0 Å². The van der Waals surface area contributed by atoms with Gasteiger partial charge in [-0.05, 0) is 37.0 Å². The van der Waals surface area contributed by atoms with E-state index < -0.39 is 6.04 Å². The topological polar surface area (TPSA) is 49.4 Å². The number of carbonyl (C=O) groups excluding carboxylic acids is 2. The third-order valence-electron chi connectivity index (χ3n) is 4.73. The van der Waals surface area contributed by atoms with Crippen LogP contribution in [0.1, 0.15) is 37.5 Å². The van der Waals surface area contributed by atoms with Crippen molar-refractivity contribution < 1.29 is 9.59 Å². The second kappa shape index (κ2) is 12.0. The molecular formula is C24H31ClN2O2S. The van der Waals surface area contributed by atoms with Crippen LogP contribution in [-0.4, -0.2) is 35.1 Å². The predicted octanol–water partition coefficient (Wildman–Crippen LogP) is 5.07. The van der Waals surface area contributed by atoms with Crippen LogP contribution >= 0.6 is 23.4 Å². The molecule has 30 heavy (non-hydrogen) atoms. The maximum absolute atomic E-state index is 13.1. The van der Waals surface area contributed by atoms with Crippen LogP contribution in [0.2, 0.25) is 5.02 Å². The van der Waals surface area contributed by atoms with E-state index in [9.17, 15) is 9.59 Å². The van der Waals surface area contributed by atoms with Gasteiger partial charge >= 0.3 is 0 Å². The summed E-state index contributed by atoms with van der Waals surface area (Å²) in [6, 6.07) is 15.1. The highest BCUT2D eigenvalue weighted by molar-refractivity contribution is 7.99. The van der Waals surface area contributed by atoms with Gasteiger partial charge in [0.1, 0.15) is 6.04 Å². The Bertz CT molecular complexity index is 857. The molecule has 0 aliphatic heterocycles. The first-order valence-corrected chi connectivity index (χ1v) is 11.7. The molecule has 0 saturated heterocycles. The minimum Gasteiger partial charge on any atom is -0.354 e. The van der Waals surface area contributed by atoms with Crippen molar-refractivity contribution in [3.05, 3.63) is 70.2 Å². The molecule has 1 unspecified atom stereocenters. The maximum atomic E-state index is 13.1. The summed E-state index contributed by atoms with van der Waals surface area (Å²) in [6.45, 7) is 8.91. The van der Waals surface area contributed by atoms with Crippen molar-refractivity contribution in [1.82, 2.24) is 10.2 Å². The van der Waals surface area contributed by atoms with Crippen LogP contribution in [0.25, 0.3) is 0 Å². The Morgan fingerprint density at radius 2 is 1.83 bits per heavy atom. The lowest BCUT2D eigenvalue weighted by atomic mass is 10.1. The molecule has 162 valence electrons.